The fourth-order valence-electron chi connectivity index (χ4n) is 4.03. The average molecular weight is 434 g/mol. The maximum atomic E-state index is 13.5. The van der Waals surface area contributed by atoms with Crippen LogP contribution in [0.15, 0.2) is 30.3 Å². The molecule has 2 aliphatic rings. The number of ether oxygens (including phenoxy) is 4. The zero-order valence-corrected chi connectivity index (χ0v) is 18.4. The standard InChI is InChI=1S/C22H30N2O7/c1-15(2)17(23-20(27)28-4)18(25)24-14-22(30-10-11-31-22)13-21(24,3)19(26)29-12-16-8-6-5-7-9-16/h5-9,15,17H,10-14H2,1-4H3,(H,23,27)/t17-,21-/m0/s1. The van der Waals surface area contributed by atoms with Crippen LogP contribution in [0.1, 0.15) is 32.8 Å². The molecule has 0 bridgehead atoms. The minimum Gasteiger partial charge on any atom is -0.459 e. The Balaban J connectivity index is 1.84. The maximum Gasteiger partial charge on any atom is 0.407 e. The number of methoxy groups -OCH3 is 1. The monoisotopic (exact) mass is 434 g/mol. The Morgan fingerprint density at radius 2 is 1.81 bits per heavy atom. The van der Waals surface area contributed by atoms with Crippen molar-refractivity contribution in [3.05, 3.63) is 35.9 Å². The summed E-state index contributed by atoms with van der Waals surface area (Å²) in [6.45, 7) is 6.16. The molecule has 1 spiro atoms. The second kappa shape index (κ2) is 9.23. The van der Waals surface area contributed by atoms with E-state index in [4.69, 9.17) is 14.2 Å². The minimum atomic E-state index is -1.32. The number of hydrogen-bond acceptors (Lipinski definition) is 7. The van der Waals surface area contributed by atoms with Crippen LogP contribution in [-0.4, -0.2) is 67.1 Å². The first-order valence-electron chi connectivity index (χ1n) is 10.4. The molecule has 2 aliphatic heterocycles. The van der Waals surface area contributed by atoms with Crippen molar-refractivity contribution in [1.29, 1.82) is 0 Å². The van der Waals surface area contributed by atoms with Gasteiger partial charge in [0.1, 0.15) is 18.2 Å². The van der Waals surface area contributed by atoms with Crippen molar-refractivity contribution in [3.63, 3.8) is 0 Å². The topological polar surface area (TPSA) is 103 Å². The number of carbonyl (C=O) groups is 3. The van der Waals surface area contributed by atoms with Gasteiger partial charge in [-0.3, -0.25) is 4.79 Å². The maximum absolute atomic E-state index is 13.5. The number of nitrogens with one attached hydrogen (secondary N) is 1. The molecule has 0 saturated carbocycles. The van der Waals surface area contributed by atoms with Crippen LogP contribution < -0.4 is 5.32 Å². The van der Waals surface area contributed by atoms with Gasteiger partial charge in [0.15, 0.2) is 5.79 Å². The highest BCUT2D eigenvalue weighted by Gasteiger charge is 2.61. The Labute approximate surface area is 182 Å². The quantitative estimate of drug-likeness (QED) is 0.682. The molecule has 3 rings (SSSR count). The van der Waals surface area contributed by atoms with Crippen molar-refractivity contribution in [1.82, 2.24) is 10.2 Å². The van der Waals surface area contributed by atoms with Gasteiger partial charge in [0, 0.05) is 6.42 Å². The van der Waals surface area contributed by atoms with Crippen LogP contribution in [0.2, 0.25) is 0 Å². The molecule has 2 amide bonds. The van der Waals surface area contributed by atoms with E-state index in [2.05, 4.69) is 10.1 Å². The van der Waals surface area contributed by atoms with Crippen LogP contribution in [0.4, 0.5) is 4.79 Å². The van der Waals surface area contributed by atoms with Gasteiger partial charge >= 0.3 is 12.1 Å². The highest BCUT2D eigenvalue weighted by molar-refractivity contribution is 5.92. The van der Waals surface area contributed by atoms with Gasteiger partial charge in [-0.25, -0.2) is 9.59 Å². The lowest BCUT2D eigenvalue weighted by Gasteiger charge is -2.35. The number of hydrogen-bond donors (Lipinski definition) is 1. The molecule has 0 radical (unpaired) electrons. The van der Waals surface area contributed by atoms with E-state index in [9.17, 15) is 14.4 Å². The predicted molar refractivity (Wildman–Crippen MR) is 110 cm³/mol. The Morgan fingerprint density at radius 3 is 2.39 bits per heavy atom. The second-order valence-electron chi connectivity index (χ2n) is 8.40. The van der Waals surface area contributed by atoms with Gasteiger partial charge in [-0.05, 0) is 18.4 Å². The smallest absolute Gasteiger partial charge is 0.407 e. The summed E-state index contributed by atoms with van der Waals surface area (Å²) in [5, 5.41) is 2.57. The van der Waals surface area contributed by atoms with Crippen molar-refractivity contribution in [2.24, 2.45) is 5.92 Å². The first-order valence-corrected chi connectivity index (χ1v) is 10.4. The molecule has 1 aromatic rings. The number of alkyl carbamates (subject to hydrolysis) is 1. The number of benzene rings is 1. The third-order valence-corrected chi connectivity index (χ3v) is 5.73. The van der Waals surface area contributed by atoms with Crippen LogP contribution in [0.25, 0.3) is 0 Å². The lowest BCUT2D eigenvalue weighted by atomic mass is 9.95. The molecular formula is C22H30N2O7. The van der Waals surface area contributed by atoms with E-state index in [1.54, 1.807) is 20.8 Å². The summed E-state index contributed by atoms with van der Waals surface area (Å²) in [6, 6.07) is 8.42. The Morgan fingerprint density at radius 1 is 1.16 bits per heavy atom. The van der Waals surface area contributed by atoms with Crippen LogP contribution in [0.3, 0.4) is 0 Å². The van der Waals surface area contributed by atoms with E-state index in [-0.39, 0.29) is 25.5 Å². The Kier molecular flexibility index (Phi) is 6.86. The van der Waals surface area contributed by atoms with Crippen LogP contribution in [0, 0.1) is 5.92 Å². The molecule has 0 aromatic heterocycles. The summed E-state index contributed by atoms with van der Waals surface area (Å²) >= 11 is 0. The molecule has 170 valence electrons. The summed E-state index contributed by atoms with van der Waals surface area (Å²) in [7, 11) is 1.23. The van der Waals surface area contributed by atoms with Gasteiger partial charge in [0.25, 0.3) is 0 Å². The first kappa shape index (κ1) is 23.0. The Hall–Kier alpha value is -2.65. The van der Waals surface area contributed by atoms with E-state index in [0.29, 0.717) is 13.2 Å². The van der Waals surface area contributed by atoms with Gasteiger partial charge in [0.05, 0.1) is 26.9 Å². The zero-order valence-electron chi connectivity index (χ0n) is 18.4. The lowest BCUT2D eigenvalue weighted by molar-refractivity contribution is -0.163. The summed E-state index contributed by atoms with van der Waals surface area (Å²) in [5.74, 6) is -2.28. The molecule has 0 unspecified atom stereocenters. The van der Waals surface area contributed by atoms with Gasteiger partial charge in [-0.1, -0.05) is 44.2 Å². The van der Waals surface area contributed by atoms with E-state index < -0.39 is 35.3 Å². The number of amides is 2. The second-order valence-corrected chi connectivity index (χ2v) is 8.40. The van der Waals surface area contributed by atoms with Crippen molar-refractivity contribution in [3.8, 4) is 0 Å². The van der Waals surface area contributed by atoms with E-state index in [1.807, 2.05) is 30.3 Å². The molecule has 0 aliphatic carbocycles. The van der Waals surface area contributed by atoms with Gasteiger partial charge in [-0.15, -0.1) is 0 Å². The predicted octanol–water partition coefficient (Wildman–Crippen LogP) is 1.84. The van der Waals surface area contributed by atoms with Crippen molar-refractivity contribution >= 4 is 18.0 Å². The van der Waals surface area contributed by atoms with Gasteiger partial charge < -0.3 is 29.2 Å². The van der Waals surface area contributed by atoms with Crippen molar-refractivity contribution < 1.29 is 33.3 Å². The molecule has 2 fully saturated rings. The largest absolute Gasteiger partial charge is 0.459 e. The molecule has 9 nitrogen and oxygen atoms in total. The highest BCUT2D eigenvalue weighted by atomic mass is 16.7. The minimum absolute atomic E-state index is 0.0643. The van der Waals surface area contributed by atoms with Crippen LogP contribution >= 0.6 is 0 Å². The molecule has 1 N–H and O–H groups in total. The van der Waals surface area contributed by atoms with E-state index >= 15 is 0 Å². The SMILES string of the molecule is COC(=O)N[C@H](C(=O)N1CC2(C[C@@]1(C)C(=O)OCc1ccccc1)OCCO2)C(C)C. The Bertz CT molecular complexity index is 807. The molecule has 2 heterocycles. The van der Waals surface area contributed by atoms with Crippen LogP contribution in [0.5, 0.6) is 0 Å². The molecule has 2 atom stereocenters. The van der Waals surface area contributed by atoms with Crippen molar-refractivity contribution in [2.45, 2.75) is 51.2 Å². The normalized spacial score (nSPS) is 23.1. The third kappa shape index (κ3) is 4.83. The highest BCUT2D eigenvalue weighted by Crippen LogP contribution is 2.42. The van der Waals surface area contributed by atoms with E-state index in [1.165, 1.54) is 12.0 Å². The molecule has 31 heavy (non-hydrogen) atoms. The van der Waals surface area contributed by atoms with E-state index in [0.717, 1.165) is 5.56 Å². The third-order valence-electron chi connectivity index (χ3n) is 5.73. The van der Waals surface area contributed by atoms with Gasteiger partial charge in [-0.2, -0.15) is 0 Å². The summed E-state index contributed by atoms with van der Waals surface area (Å²) in [4.78, 5) is 40.0. The zero-order chi connectivity index (χ0) is 22.6. The number of carbonyl (C=O) groups excluding carboxylic acids is 3. The van der Waals surface area contributed by atoms with Crippen LogP contribution in [-0.2, 0) is 35.1 Å². The summed E-state index contributed by atoms with van der Waals surface area (Å²) in [5.41, 5.74) is -0.480. The fourth-order valence-corrected chi connectivity index (χ4v) is 4.03. The first-order chi connectivity index (χ1) is 14.7. The number of esters is 1. The number of likely N-dealkylation sites (tertiary alicyclic amines) is 1. The number of rotatable bonds is 6. The molecular weight excluding hydrogens is 404 g/mol. The lowest BCUT2D eigenvalue weighted by Crippen LogP contribution is -2.58. The molecule has 2 saturated heterocycles. The average Bonchev–Trinajstić information content (AvgIpc) is 3.34. The summed E-state index contributed by atoms with van der Waals surface area (Å²) < 4.78 is 21.8. The number of nitrogens with zero attached hydrogens (tertiary/aromatic N) is 1. The molecule has 9 heteroatoms. The summed E-state index contributed by atoms with van der Waals surface area (Å²) in [6.07, 6.45) is -0.578. The van der Waals surface area contributed by atoms with Gasteiger partial charge in [0.2, 0.25) is 5.91 Å². The molecule has 1 aromatic carbocycles. The van der Waals surface area contributed by atoms with Crippen molar-refractivity contribution in [2.75, 3.05) is 26.9 Å². The fraction of sp³-hybridized carbons (Fsp3) is 0.591.